The smallest absolute Gasteiger partial charge is 0.158 e. The van der Waals surface area contributed by atoms with Gasteiger partial charge in [-0.3, -0.25) is 0 Å². The maximum atomic E-state index is 11.3. The summed E-state index contributed by atoms with van der Waals surface area (Å²) in [6.45, 7) is 0.855. The molecular weight excluding hydrogens is 240 g/mol. The second-order valence-electron chi connectivity index (χ2n) is 7.28. The first-order valence-corrected chi connectivity index (χ1v) is 8.03. The zero-order chi connectivity index (χ0) is 12.9. The Morgan fingerprint density at radius 3 is 2.53 bits per heavy atom. The molecule has 1 saturated heterocycles. The maximum absolute atomic E-state index is 11.3. The van der Waals surface area contributed by atoms with Crippen LogP contribution in [0, 0.1) is 23.7 Å². The maximum Gasteiger partial charge on any atom is 0.158 e. The Morgan fingerprint density at radius 1 is 1.11 bits per heavy atom. The zero-order valence-electron chi connectivity index (χ0n) is 11.6. The SMILES string of the molecule is O=CC1[C@@H]2CC3C[C@H]1CC(OC1CCCCO1)(C3)C2. The second-order valence-corrected chi connectivity index (χ2v) is 7.28. The van der Waals surface area contributed by atoms with Crippen LogP contribution < -0.4 is 0 Å². The van der Waals surface area contributed by atoms with E-state index in [1.165, 1.54) is 38.4 Å². The average molecular weight is 264 g/mol. The highest BCUT2D eigenvalue weighted by Gasteiger charge is 2.56. The van der Waals surface area contributed by atoms with Crippen molar-refractivity contribution in [2.24, 2.45) is 23.7 Å². The van der Waals surface area contributed by atoms with E-state index in [2.05, 4.69) is 0 Å². The lowest BCUT2D eigenvalue weighted by Crippen LogP contribution is -2.57. The van der Waals surface area contributed by atoms with Gasteiger partial charge in [-0.2, -0.15) is 0 Å². The van der Waals surface area contributed by atoms with Gasteiger partial charge in [0.2, 0.25) is 0 Å². The van der Waals surface area contributed by atoms with Crippen molar-refractivity contribution in [2.75, 3.05) is 6.61 Å². The van der Waals surface area contributed by atoms with E-state index in [-0.39, 0.29) is 11.9 Å². The number of hydrogen-bond donors (Lipinski definition) is 0. The summed E-state index contributed by atoms with van der Waals surface area (Å²) in [7, 11) is 0. The Labute approximate surface area is 115 Å². The summed E-state index contributed by atoms with van der Waals surface area (Å²) < 4.78 is 12.2. The highest BCUT2D eigenvalue weighted by molar-refractivity contribution is 5.55. The lowest BCUT2D eigenvalue weighted by atomic mass is 9.50. The number of hydrogen-bond acceptors (Lipinski definition) is 3. The summed E-state index contributed by atoms with van der Waals surface area (Å²) >= 11 is 0. The van der Waals surface area contributed by atoms with Crippen molar-refractivity contribution in [1.82, 2.24) is 0 Å². The number of aldehydes is 1. The molecule has 5 rings (SSSR count). The van der Waals surface area contributed by atoms with Gasteiger partial charge in [0.1, 0.15) is 6.29 Å². The molecule has 0 aromatic heterocycles. The van der Waals surface area contributed by atoms with Crippen LogP contribution in [0.1, 0.15) is 51.4 Å². The summed E-state index contributed by atoms with van der Waals surface area (Å²) in [5.74, 6) is 2.30. The van der Waals surface area contributed by atoms with E-state index < -0.39 is 0 Å². The van der Waals surface area contributed by atoms with Crippen LogP contribution in [0.4, 0.5) is 0 Å². The molecule has 4 bridgehead atoms. The quantitative estimate of drug-likeness (QED) is 0.735. The van der Waals surface area contributed by atoms with Gasteiger partial charge in [-0.25, -0.2) is 0 Å². The molecule has 4 saturated carbocycles. The van der Waals surface area contributed by atoms with Gasteiger partial charge in [-0.05, 0) is 69.1 Å². The van der Waals surface area contributed by atoms with Crippen LogP contribution >= 0.6 is 0 Å². The first-order chi connectivity index (χ1) is 9.28. The predicted octanol–water partition coefficient (Wildman–Crippen LogP) is 2.92. The van der Waals surface area contributed by atoms with Gasteiger partial charge in [0.25, 0.3) is 0 Å². The van der Waals surface area contributed by atoms with E-state index >= 15 is 0 Å². The minimum atomic E-state index is 0.0275. The Kier molecular flexibility index (Phi) is 2.96. The molecule has 0 aromatic carbocycles. The second kappa shape index (κ2) is 4.56. The summed E-state index contributed by atoms with van der Waals surface area (Å²) in [4.78, 5) is 11.3. The van der Waals surface area contributed by atoms with Crippen LogP contribution in [-0.4, -0.2) is 24.8 Å². The van der Waals surface area contributed by atoms with Gasteiger partial charge in [0.15, 0.2) is 6.29 Å². The normalized spacial score (nSPS) is 52.3. The first kappa shape index (κ1) is 12.3. The predicted molar refractivity (Wildman–Crippen MR) is 70.5 cm³/mol. The Hall–Kier alpha value is -0.410. The van der Waals surface area contributed by atoms with E-state index in [1.54, 1.807) is 0 Å². The highest BCUT2D eigenvalue weighted by atomic mass is 16.7. The van der Waals surface area contributed by atoms with Crippen molar-refractivity contribution >= 4 is 6.29 Å². The lowest BCUT2D eigenvalue weighted by Gasteiger charge is -2.59. The number of carbonyl (C=O) groups excluding carboxylic acids is 1. The van der Waals surface area contributed by atoms with Gasteiger partial charge in [0, 0.05) is 12.5 Å². The Bertz CT molecular complexity index is 345. The molecule has 0 aromatic rings. The summed E-state index contributed by atoms with van der Waals surface area (Å²) in [6.07, 6.45) is 10.7. The summed E-state index contributed by atoms with van der Waals surface area (Å²) in [5, 5.41) is 0. The molecule has 5 aliphatic rings. The van der Waals surface area contributed by atoms with Crippen LogP contribution in [0.15, 0.2) is 0 Å². The molecular formula is C16H24O3. The van der Waals surface area contributed by atoms with Gasteiger partial charge < -0.3 is 14.3 Å². The van der Waals surface area contributed by atoms with E-state index in [0.717, 1.165) is 31.8 Å². The Balaban J connectivity index is 1.51. The topological polar surface area (TPSA) is 35.5 Å². The monoisotopic (exact) mass is 264 g/mol. The van der Waals surface area contributed by atoms with Crippen LogP contribution in [0.5, 0.6) is 0 Å². The molecule has 4 unspecified atom stereocenters. The Morgan fingerprint density at radius 2 is 1.89 bits per heavy atom. The van der Waals surface area contributed by atoms with E-state index in [0.29, 0.717) is 17.8 Å². The lowest BCUT2D eigenvalue weighted by molar-refractivity contribution is -0.270. The highest BCUT2D eigenvalue weighted by Crippen LogP contribution is 2.59. The van der Waals surface area contributed by atoms with Crippen molar-refractivity contribution in [2.45, 2.75) is 63.3 Å². The van der Waals surface area contributed by atoms with Crippen molar-refractivity contribution < 1.29 is 14.3 Å². The largest absolute Gasteiger partial charge is 0.353 e. The number of rotatable bonds is 3. The summed E-state index contributed by atoms with van der Waals surface area (Å²) in [5.41, 5.74) is 0.0536. The molecule has 0 amide bonds. The van der Waals surface area contributed by atoms with Crippen LogP contribution in [0.25, 0.3) is 0 Å². The van der Waals surface area contributed by atoms with Crippen LogP contribution in [0.3, 0.4) is 0 Å². The minimum Gasteiger partial charge on any atom is -0.353 e. The fraction of sp³-hybridized carbons (Fsp3) is 0.938. The molecule has 5 fully saturated rings. The molecule has 4 aliphatic carbocycles. The number of ether oxygens (including phenoxy) is 2. The van der Waals surface area contributed by atoms with Gasteiger partial charge >= 0.3 is 0 Å². The molecule has 106 valence electrons. The van der Waals surface area contributed by atoms with Gasteiger partial charge in [-0.1, -0.05) is 0 Å². The molecule has 3 heteroatoms. The third-order valence-electron chi connectivity index (χ3n) is 5.97. The first-order valence-electron chi connectivity index (χ1n) is 8.03. The molecule has 1 heterocycles. The van der Waals surface area contributed by atoms with E-state index in [4.69, 9.17) is 9.47 Å². The molecule has 0 N–H and O–H groups in total. The molecule has 19 heavy (non-hydrogen) atoms. The fourth-order valence-corrected chi connectivity index (χ4v) is 5.44. The third kappa shape index (κ3) is 2.06. The van der Waals surface area contributed by atoms with Crippen LogP contribution in [0.2, 0.25) is 0 Å². The van der Waals surface area contributed by atoms with E-state index in [1.807, 2.05) is 0 Å². The van der Waals surface area contributed by atoms with Crippen molar-refractivity contribution in [3.05, 3.63) is 0 Å². The van der Waals surface area contributed by atoms with Crippen molar-refractivity contribution in [3.8, 4) is 0 Å². The van der Waals surface area contributed by atoms with Crippen molar-refractivity contribution in [1.29, 1.82) is 0 Å². The molecule has 0 spiro atoms. The molecule has 0 radical (unpaired) electrons. The van der Waals surface area contributed by atoms with Crippen molar-refractivity contribution in [3.63, 3.8) is 0 Å². The van der Waals surface area contributed by atoms with Gasteiger partial charge in [-0.15, -0.1) is 0 Å². The molecule has 3 nitrogen and oxygen atoms in total. The average Bonchev–Trinajstić information content (AvgIpc) is 2.38. The number of carbonyl (C=O) groups is 1. The van der Waals surface area contributed by atoms with Crippen LogP contribution in [-0.2, 0) is 14.3 Å². The van der Waals surface area contributed by atoms with E-state index in [9.17, 15) is 4.79 Å². The fourth-order valence-electron chi connectivity index (χ4n) is 5.44. The third-order valence-corrected chi connectivity index (χ3v) is 5.97. The molecule has 6 atom stereocenters. The van der Waals surface area contributed by atoms with Gasteiger partial charge in [0.05, 0.1) is 5.60 Å². The summed E-state index contributed by atoms with van der Waals surface area (Å²) in [6, 6.07) is 0. The zero-order valence-corrected chi connectivity index (χ0v) is 11.6. The minimum absolute atomic E-state index is 0.0275. The molecule has 1 aliphatic heterocycles. The standard InChI is InChI=1S/C16H24O3/c17-10-14-12-5-11-6-13(14)9-16(7-11,8-12)19-15-3-1-2-4-18-15/h10-15H,1-9H2/t11?,12-,13+,14?,15?,16?.